The first-order valence-corrected chi connectivity index (χ1v) is 26.9. The summed E-state index contributed by atoms with van der Waals surface area (Å²) in [6.07, 6.45) is 6.48. The summed E-state index contributed by atoms with van der Waals surface area (Å²) in [5.41, 5.74) is 1.75. The Morgan fingerprint density at radius 1 is 0.984 bits per heavy atom. The van der Waals surface area contributed by atoms with Crippen LogP contribution in [0.25, 0.3) is 0 Å². The van der Waals surface area contributed by atoms with E-state index in [9.17, 15) is 29.7 Å². The van der Waals surface area contributed by atoms with Crippen molar-refractivity contribution in [3.8, 4) is 0 Å². The number of hydrogen-bond donors (Lipinski definition) is 3. The number of amides is 1. The van der Waals surface area contributed by atoms with Crippen molar-refractivity contribution in [3.05, 3.63) is 36.0 Å². The zero-order valence-corrected chi connectivity index (χ0v) is 42.5. The number of ketones is 1. The van der Waals surface area contributed by atoms with Crippen LogP contribution in [-0.2, 0) is 42.5 Å². The maximum Gasteiger partial charge on any atom is 0.329 e. The van der Waals surface area contributed by atoms with Gasteiger partial charge in [-0.15, -0.1) is 6.58 Å². The molecule has 14 heteroatoms. The highest BCUT2D eigenvalue weighted by atomic mass is 28.4. The van der Waals surface area contributed by atoms with E-state index >= 15 is 0 Å². The van der Waals surface area contributed by atoms with Crippen LogP contribution in [0.3, 0.4) is 0 Å². The van der Waals surface area contributed by atoms with E-state index in [0.29, 0.717) is 32.1 Å². The first kappa shape index (κ1) is 54.3. The zero-order valence-electron chi connectivity index (χ0n) is 41.5. The molecule has 3 heterocycles. The lowest BCUT2D eigenvalue weighted by molar-refractivity contribution is -0.302. The average molecular weight is 920 g/mol. The van der Waals surface area contributed by atoms with Crippen molar-refractivity contribution in [1.82, 2.24) is 4.90 Å². The fourth-order valence-electron chi connectivity index (χ4n) is 10.2. The molecule has 3 fully saturated rings. The number of ether oxygens (including phenoxy) is 5. The van der Waals surface area contributed by atoms with Gasteiger partial charge in [-0.25, -0.2) is 4.79 Å². The van der Waals surface area contributed by atoms with Crippen LogP contribution in [0.4, 0.5) is 0 Å². The van der Waals surface area contributed by atoms with Crippen molar-refractivity contribution in [2.45, 2.75) is 205 Å². The van der Waals surface area contributed by atoms with Gasteiger partial charge < -0.3 is 48.3 Å². The van der Waals surface area contributed by atoms with Crippen LogP contribution in [0.1, 0.15) is 126 Å². The SMILES string of the molecule is C=CCC1C=C(C)CC(C)CC(OC)C2OC(O)(C(=O)C(=O)N3CCCCC3C(=O)OC(C(C)C(O)C(C)=CC3CCC(O[Si](C)(C)C(C)(C)C)C(OC)C3)CC1O)C(C)CC2OC. The number of rotatable bonds is 11. The molecule has 3 N–H and O–H groups in total. The number of nitrogens with zero attached hydrogens (tertiary/aromatic N) is 1. The number of hydrogen-bond acceptors (Lipinski definition) is 12. The van der Waals surface area contributed by atoms with Gasteiger partial charge in [0.25, 0.3) is 11.7 Å². The number of cyclic esters (lactones) is 1. The third-order valence-electron chi connectivity index (χ3n) is 15.3. The third-order valence-corrected chi connectivity index (χ3v) is 19.8. The van der Waals surface area contributed by atoms with E-state index in [4.69, 9.17) is 28.1 Å². The minimum atomic E-state index is -2.49. The number of aliphatic hydroxyl groups excluding tert-OH is 2. The second kappa shape index (κ2) is 23.2. The van der Waals surface area contributed by atoms with Crippen molar-refractivity contribution >= 4 is 26.0 Å². The van der Waals surface area contributed by atoms with Gasteiger partial charge in [-0.2, -0.15) is 0 Å². The van der Waals surface area contributed by atoms with Crippen molar-refractivity contribution in [2.24, 2.45) is 29.6 Å². The molecule has 1 saturated carbocycles. The standard InChI is InChI=1S/C50H85NO12Si/c1-15-18-36-24-30(2)23-31(3)25-42(59-11)45-43(60-12)27-33(5)50(57,62-45)46(54)47(55)51-22-17-16-19-37(51)48(56)61-40(29-38(36)52)34(6)44(53)32(4)26-35-20-21-39(41(28-35)58-10)63-64(13,14)49(7,8)9/h15,24,26,31,33-45,52-53,57H,1,16-23,25,27-29H2,2-14H3. The van der Waals surface area contributed by atoms with Gasteiger partial charge in [0.2, 0.25) is 5.79 Å². The molecule has 15 atom stereocenters. The molecule has 15 unspecified atom stereocenters. The van der Waals surface area contributed by atoms with Crippen LogP contribution in [0, 0.1) is 29.6 Å². The summed E-state index contributed by atoms with van der Waals surface area (Å²) in [5.74, 6) is -7.09. The number of esters is 1. The van der Waals surface area contributed by atoms with E-state index < -0.39 is 86.3 Å². The highest BCUT2D eigenvalue weighted by molar-refractivity contribution is 6.74. The highest BCUT2D eigenvalue weighted by Crippen LogP contribution is 2.42. The number of aliphatic hydroxyl groups is 3. The van der Waals surface area contributed by atoms with Crippen molar-refractivity contribution < 1.29 is 57.8 Å². The summed E-state index contributed by atoms with van der Waals surface area (Å²) in [7, 11) is 2.80. The van der Waals surface area contributed by atoms with Crippen LogP contribution in [0.2, 0.25) is 18.1 Å². The van der Waals surface area contributed by atoms with Crippen LogP contribution in [-0.4, -0.2) is 135 Å². The maximum atomic E-state index is 14.5. The Morgan fingerprint density at radius 2 is 1.62 bits per heavy atom. The summed E-state index contributed by atoms with van der Waals surface area (Å²) in [5, 5.41) is 36.2. The predicted octanol–water partition coefficient (Wildman–Crippen LogP) is 7.46. The number of piperidine rings is 1. The van der Waals surface area contributed by atoms with E-state index in [1.165, 1.54) is 4.90 Å². The Hall–Kier alpha value is -2.27. The van der Waals surface area contributed by atoms with E-state index in [-0.39, 0.29) is 60.8 Å². The molecule has 0 aromatic carbocycles. The largest absolute Gasteiger partial charge is 0.460 e. The Balaban J connectivity index is 1.69. The van der Waals surface area contributed by atoms with E-state index in [1.54, 1.807) is 34.3 Å². The van der Waals surface area contributed by atoms with Gasteiger partial charge in [-0.3, -0.25) is 9.59 Å². The van der Waals surface area contributed by atoms with Gasteiger partial charge in [-0.1, -0.05) is 65.3 Å². The Kier molecular flexibility index (Phi) is 19.7. The molecule has 2 saturated heterocycles. The molecule has 1 aliphatic carbocycles. The van der Waals surface area contributed by atoms with Gasteiger partial charge in [0, 0.05) is 52.0 Å². The lowest BCUT2D eigenvalue weighted by atomic mass is 9.81. The minimum Gasteiger partial charge on any atom is -0.460 e. The van der Waals surface area contributed by atoms with Gasteiger partial charge in [0.05, 0.1) is 36.6 Å². The van der Waals surface area contributed by atoms with Crippen molar-refractivity contribution in [3.63, 3.8) is 0 Å². The molecular weight excluding hydrogens is 835 g/mol. The lowest BCUT2D eigenvalue weighted by Crippen LogP contribution is -2.64. The third kappa shape index (κ3) is 13.0. The minimum absolute atomic E-state index is 0.00721. The first-order valence-electron chi connectivity index (χ1n) is 24.0. The number of carbonyl (C=O) groups is 3. The molecule has 0 spiro atoms. The average Bonchev–Trinajstić information content (AvgIpc) is 3.24. The Bertz CT molecular complexity index is 1640. The van der Waals surface area contributed by atoms with Gasteiger partial charge >= 0.3 is 5.97 Å². The fraction of sp³-hybridized carbons (Fsp3) is 0.820. The molecular formula is C50H85NO12Si. The summed E-state index contributed by atoms with van der Waals surface area (Å²) >= 11 is 0. The summed E-state index contributed by atoms with van der Waals surface area (Å²) in [4.78, 5) is 44.2. The second-order valence-corrected chi connectivity index (χ2v) is 26.1. The van der Waals surface area contributed by atoms with Crippen molar-refractivity contribution in [2.75, 3.05) is 27.9 Å². The quantitative estimate of drug-likeness (QED) is 0.0811. The highest BCUT2D eigenvalue weighted by Gasteiger charge is 2.57. The van der Waals surface area contributed by atoms with E-state index in [0.717, 1.165) is 30.4 Å². The topological polar surface area (TPSA) is 171 Å². The molecule has 4 rings (SSSR count). The maximum absolute atomic E-state index is 14.5. The number of Topliss-reactive ketones (excluding diaryl/α,β-unsaturated/α-hetero) is 1. The normalized spacial score (nSPS) is 37.0. The molecule has 3 aliphatic heterocycles. The number of methoxy groups -OCH3 is 3. The molecule has 1 amide bonds. The van der Waals surface area contributed by atoms with Gasteiger partial charge in [-0.05, 0) is 114 Å². The molecule has 0 aromatic heterocycles. The van der Waals surface area contributed by atoms with Gasteiger partial charge in [0.15, 0.2) is 8.32 Å². The zero-order chi connectivity index (χ0) is 47.9. The number of carbonyl (C=O) groups excluding carboxylic acids is 3. The van der Waals surface area contributed by atoms with Crippen LogP contribution >= 0.6 is 0 Å². The molecule has 366 valence electrons. The molecule has 13 nitrogen and oxygen atoms in total. The molecule has 64 heavy (non-hydrogen) atoms. The van der Waals surface area contributed by atoms with E-state index in [1.807, 2.05) is 20.8 Å². The second-order valence-electron chi connectivity index (χ2n) is 21.3. The Morgan fingerprint density at radius 3 is 2.23 bits per heavy atom. The first-order chi connectivity index (χ1) is 29.9. The molecule has 0 radical (unpaired) electrons. The van der Waals surface area contributed by atoms with Crippen LogP contribution < -0.4 is 0 Å². The molecule has 0 aromatic rings. The predicted molar refractivity (Wildman–Crippen MR) is 250 cm³/mol. The number of fused-ring (bicyclic) bond motifs is 3. The monoisotopic (exact) mass is 920 g/mol. The smallest absolute Gasteiger partial charge is 0.329 e. The summed E-state index contributed by atoms with van der Waals surface area (Å²) in [6, 6.07) is -1.13. The molecule has 4 aliphatic rings. The fourth-order valence-corrected chi connectivity index (χ4v) is 11.6. The molecule has 2 bridgehead atoms. The summed E-state index contributed by atoms with van der Waals surface area (Å²) < 4.78 is 37.2. The van der Waals surface area contributed by atoms with Gasteiger partial charge in [0.1, 0.15) is 18.2 Å². The Labute approximate surface area is 385 Å². The van der Waals surface area contributed by atoms with Crippen LogP contribution in [0.15, 0.2) is 36.0 Å². The summed E-state index contributed by atoms with van der Waals surface area (Å²) in [6.45, 7) is 24.7. The van der Waals surface area contributed by atoms with E-state index in [2.05, 4.69) is 59.5 Å². The number of allylic oxidation sites excluding steroid dienone is 3. The van der Waals surface area contributed by atoms with Crippen molar-refractivity contribution in [1.29, 1.82) is 0 Å². The van der Waals surface area contributed by atoms with Crippen LogP contribution in [0.5, 0.6) is 0 Å². The lowest BCUT2D eigenvalue weighted by Gasteiger charge is -2.47.